The number of aliphatic carboxylic acids is 1. The van der Waals surface area contributed by atoms with Gasteiger partial charge in [-0.1, -0.05) is 6.42 Å². The van der Waals surface area contributed by atoms with E-state index in [9.17, 15) is 9.90 Å². The van der Waals surface area contributed by atoms with Crippen molar-refractivity contribution in [3.05, 3.63) is 0 Å². The van der Waals surface area contributed by atoms with Crippen LogP contribution in [0.15, 0.2) is 0 Å². The molecule has 0 bridgehead atoms. The Balaban J connectivity index is 0. The van der Waals surface area contributed by atoms with Gasteiger partial charge in [-0.3, -0.25) is 0 Å². The Labute approximate surface area is 126 Å². The number of carboxylic acids is 1. The Bertz CT molecular complexity index is 111. The van der Waals surface area contributed by atoms with Crippen LogP contribution in [0.4, 0.5) is 0 Å². The van der Waals surface area contributed by atoms with Crippen molar-refractivity contribution in [2.24, 2.45) is 11.5 Å². The number of carboxylic acid groups (broad SMARTS) is 1. The fourth-order valence-electron chi connectivity index (χ4n) is 0.626. The molecule has 0 rings (SSSR count). The molecular weight excluding hydrogens is 265 g/mol. The fraction of sp³-hybridized carbons (Fsp3) is 0.833. The summed E-state index contributed by atoms with van der Waals surface area (Å²) in [6.07, 6.45) is 2.03. The minimum atomic E-state index is -1.18. The second-order valence-electron chi connectivity index (χ2n) is 2.21. The van der Waals surface area contributed by atoms with Gasteiger partial charge in [0.2, 0.25) is 0 Å². The first-order valence-corrected chi connectivity index (χ1v) is 3.35. The number of nitrogens with two attached hydrogens (primary N) is 2. The summed E-state index contributed by atoms with van der Waals surface area (Å²) < 4.78 is 0. The molecule has 0 aromatic rings. The van der Waals surface area contributed by atoms with E-state index < -0.39 is 12.0 Å². The molecule has 0 saturated carbocycles. The Kier molecular flexibility index (Phi) is 12.9. The molecule has 11 heavy (non-hydrogen) atoms. The molecule has 0 radical (unpaired) electrons. The van der Waals surface area contributed by atoms with Crippen LogP contribution in [0, 0.1) is 0 Å². The van der Waals surface area contributed by atoms with E-state index in [1.165, 1.54) is 0 Å². The zero-order valence-corrected chi connectivity index (χ0v) is 13.2. The van der Waals surface area contributed by atoms with Crippen molar-refractivity contribution in [3.8, 4) is 0 Å². The van der Waals surface area contributed by atoms with E-state index in [1.54, 1.807) is 0 Å². The number of hydrogen-bond donors (Lipinski definition) is 2. The maximum absolute atomic E-state index is 10.0. The van der Waals surface area contributed by atoms with E-state index >= 15 is 0 Å². The van der Waals surface area contributed by atoms with Gasteiger partial charge in [-0.25, -0.2) is 0 Å². The van der Waals surface area contributed by atoms with Crippen LogP contribution in [-0.4, -0.2) is 18.6 Å². The van der Waals surface area contributed by atoms with Crippen LogP contribution in [0.1, 0.15) is 19.3 Å². The second kappa shape index (κ2) is 9.53. The van der Waals surface area contributed by atoms with E-state index in [0.717, 1.165) is 12.8 Å². The third-order valence-corrected chi connectivity index (χ3v) is 1.27. The van der Waals surface area contributed by atoms with Crippen molar-refractivity contribution >= 4 is 5.97 Å². The first kappa shape index (κ1) is 14.9. The van der Waals surface area contributed by atoms with Crippen molar-refractivity contribution in [2.75, 3.05) is 6.54 Å². The van der Waals surface area contributed by atoms with E-state index in [1.807, 2.05) is 0 Å². The molecule has 0 unspecified atom stereocenters. The minimum Gasteiger partial charge on any atom is -0.548 e. The van der Waals surface area contributed by atoms with Gasteiger partial charge in [-0.15, -0.1) is 0 Å². The van der Waals surface area contributed by atoms with Gasteiger partial charge in [0.05, 0.1) is 5.97 Å². The summed E-state index contributed by atoms with van der Waals surface area (Å²) in [5.41, 5.74) is 10.3. The zero-order chi connectivity index (χ0) is 7.98. The molecule has 0 aromatic carbocycles. The average molecular weight is 278 g/mol. The Hall–Kier alpha value is 1.44. The van der Waals surface area contributed by atoms with Crippen molar-refractivity contribution in [3.63, 3.8) is 0 Å². The summed E-state index contributed by atoms with van der Waals surface area (Å²) in [6, 6.07) is -0.827. The topological polar surface area (TPSA) is 92.2 Å². The normalized spacial score (nSPS) is 11.8. The van der Waals surface area contributed by atoms with Crippen molar-refractivity contribution in [2.45, 2.75) is 25.3 Å². The molecule has 5 heteroatoms. The van der Waals surface area contributed by atoms with Crippen LogP contribution in [-0.2, 0) is 4.79 Å². The standard InChI is InChI=1S/C6H14N2O2.Cs/c7-4-2-1-3-5(8)6(9)10;/h5H,1-4,7-8H2,(H,9,10);/q;+1/p-1/t5-;/m0./s1. The maximum atomic E-state index is 10.0. The molecule has 4 nitrogen and oxygen atoms in total. The molecule has 1 atom stereocenters. The van der Waals surface area contributed by atoms with Crippen LogP contribution in [0.2, 0.25) is 0 Å². The summed E-state index contributed by atoms with van der Waals surface area (Å²) in [5.74, 6) is -1.18. The van der Waals surface area contributed by atoms with Gasteiger partial charge in [0.1, 0.15) is 0 Å². The third-order valence-electron chi connectivity index (χ3n) is 1.27. The van der Waals surface area contributed by atoms with Crippen molar-refractivity contribution < 1.29 is 78.8 Å². The maximum Gasteiger partial charge on any atom is 1.00 e. The molecule has 0 aliphatic carbocycles. The summed E-state index contributed by atoms with van der Waals surface area (Å²) in [4.78, 5) is 10.0. The molecule has 60 valence electrons. The minimum absolute atomic E-state index is 0. The van der Waals surface area contributed by atoms with Gasteiger partial charge in [0.15, 0.2) is 0 Å². The first-order chi connectivity index (χ1) is 4.68. The van der Waals surface area contributed by atoms with Crippen LogP contribution in [0.5, 0.6) is 0 Å². The molecule has 0 spiro atoms. The summed E-state index contributed by atoms with van der Waals surface area (Å²) in [6.45, 7) is 0.583. The Morgan fingerprint density at radius 3 is 2.36 bits per heavy atom. The molecule has 0 amide bonds. The number of hydrogen-bond acceptors (Lipinski definition) is 4. The number of carbonyl (C=O) groups excluding carboxylic acids is 1. The fourth-order valence-corrected chi connectivity index (χ4v) is 0.626. The quantitative estimate of drug-likeness (QED) is 0.494. The van der Waals surface area contributed by atoms with Gasteiger partial charge >= 0.3 is 68.9 Å². The van der Waals surface area contributed by atoms with Crippen LogP contribution < -0.4 is 85.5 Å². The zero-order valence-electron chi connectivity index (χ0n) is 6.88. The van der Waals surface area contributed by atoms with Crippen LogP contribution in [0.25, 0.3) is 0 Å². The van der Waals surface area contributed by atoms with Gasteiger partial charge in [0, 0.05) is 6.04 Å². The largest absolute Gasteiger partial charge is 1.00 e. The molecule has 0 aliphatic rings. The Morgan fingerprint density at radius 2 is 2.00 bits per heavy atom. The molecule has 0 saturated heterocycles. The predicted octanol–water partition coefficient (Wildman–Crippen LogP) is -4.80. The van der Waals surface area contributed by atoms with Crippen molar-refractivity contribution in [1.29, 1.82) is 0 Å². The molecular formula is C6H13CsN2O2. The van der Waals surface area contributed by atoms with E-state index in [4.69, 9.17) is 11.5 Å². The molecule has 4 N–H and O–H groups in total. The molecule has 0 aliphatic heterocycles. The van der Waals surface area contributed by atoms with E-state index in [0.29, 0.717) is 13.0 Å². The van der Waals surface area contributed by atoms with E-state index in [-0.39, 0.29) is 68.9 Å². The molecule has 0 fully saturated rings. The predicted molar refractivity (Wildman–Crippen MR) is 35.9 cm³/mol. The number of carbonyl (C=O) groups is 1. The van der Waals surface area contributed by atoms with Crippen LogP contribution in [0.3, 0.4) is 0 Å². The SMILES string of the molecule is NCCCC[C@H](N)C(=O)[O-].[Cs+]. The van der Waals surface area contributed by atoms with Gasteiger partial charge in [0.25, 0.3) is 0 Å². The van der Waals surface area contributed by atoms with E-state index in [2.05, 4.69) is 0 Å². The van der Waals surface area contributed by atoms with Gasteiger partial charge in [-0.05, 0) is 19.4 Å². The Morgan fingerprint density at radius 1 is 1.45 bits per heavy atom. The van der Waals surface area contributed by atoms with Crippen LogP contribution >= 0.6 is 0 Å². The summed E-state index contributed by atoms with van der Waals surface area (Å²) in [7, 11) is 0. The summed E-state index contributed by atoms with van der Waals surface area (Å²) in [5, 5.41) is 10.0. The first-order valence-electron chi connectivity index (χ1n) is 3.35. The van der Waals surface area contributed by atoms with Gasteiger partial charge < -0.3 is 21.4 Å². The number of rotatable bonds is 5. The van der Waals surface area contributed by atoms with Crippen molar-refractivity contribution in [1.82, 2.24) is 0 Å². The second-order valence-corrected chi connectivity index (χ2v) is 2.21. The molecule has 0 heterocycles. The summed E-state index contributed by atoms with van der Waals surface area (Å²) >= 11 is 0. The number of unbranched alkanes of at least 4 members (excludes halogenated alkanes) is 1. The van der Waals surface area contributed by atoms with Gasteiger partial charge in [-0.2, -0.15) is 0 Å². The third kappa shape index (κ3) is 9.36. The smallest absolute Gasteiger partial charge is 0.548 e. The average Bonchev–Trinajstić information content (AvgIpc) is 1.88. The monoisotopic (exact) mass is 278 g/mol. The molecule has 0 aromatic heterocycles.